The Morgan fingerprint density at radius 2 is 1.81 bits per heavy atom. The first-order valence-electron chi connectivity index (χ1n) is 10.9. The van der Waals surface area contributed by atoms with E-state index in [1.165, 1.54) is 0 Å². The number of nitrogens with zero attached hydrogens (tertiary/aromatic N) is 1. The summed E-state index contributed by atoms with van der Waals surface area (Å²) in [4.78, 5) is 26.0. The van der Waals surface area contributed by atoms with Crippen molar-refractivity contribution in [2.24, 2.45) is 0 Å². The normalized spacial score (nSPS) is 16.5. The van der Waals surface area contributed by atoms with Crippen LogP contribution in [-0.2, 0) is 27.3 Å². The lowest BCUT2D eigenvalue weighted by Crippen LogP contribution is -2.47. The molecule has 2 amide bonds. The fourth-order valence-corrected chi connectivity index (χ4v) is 3.84. The van der Waals surface area contributed by atoms with E-state index in [1.807, 2.05) is 49.4 Å². The molecule has 1 heterocycles. The zero-order valence-electron chi connectivity index (χ0n) is 18.2. The van der Waals surface area contributed by atoms with Crippen LogP contribution in [0.3, 0.4) is 0 Å². The van der Waals surface area contributed by atoms with Crippen LogP contribution in [0.4, 0.5) is 5.69 Å². The van der Waals surface area contributed by atoms with Crippen LogP contribution in [0.15, 0.2) is 42.5 Å². The summed E-state index contributed by atoms with van der Waals surface area (Å²) in [5.41, 5.74) is 2.92. The van der Waals surface area contributed by atoms with Crippen LogP contribution in [-0.4, -0.2) is 49.1 Å². The highest BCUT2D eigenvalue weighted by atomic mass is 35.5. The van der Waals surface area contributed by atoms with Crippen molar-refractivity contribution in [2.75, 3.05) is 31.6 Å². The van der Waals surface area contributed by atoms with Gasteiger partial charge in [-0.25, -0.2) is 0 Å². The second-order valence-electron chi connectivity index (χ2n) is 7.88. The molecule has 3 rings (SSSR count). The summed E-state index contributed by atoms with van der Waals surface area (Å²) in [6.45, 7) is 5.26. The van der Waals surface area contributed by atoms with Gasteiger partial charge < -0.3 is 15.4 Å². The van der Waals surface area contributed by atoms with Crippen molar-refractivity contribution >= 4 is 40.7 Å². The van der Waals surface area contributed by atoms with Crippen molar-refractivity contribution in [3.8, 4) is 0 Å². The van der Waals surface area contributed by atoms with Gasteiger partial charge in [0.2, 0.25) is 11.8 Å². The number of carbonyl (C=O) groups excluding carboxylic acids is 2. The van der Waals surface area contributed by atoms with E-state index in [2.05, 4.69) is 15.5 Å². The fourth-order valence-electron chi connectivity index (χ4n) is 3.52. The molecule has 0 unspecified atom stereocenters. The van der Waals surface area contributed by atoms with Crippen LogP contribution in [0.5, 0.6) is 0 Å². The Labute approximate surface area is 199 Å². The smallest absolute Gasteiger partial charge is 0.224 e. The van der Waals surface area contributed by atoms with Gasteiger partial charge in [0.1, 0.15) is 0 Å². The van der Waals surface area contributed by atoms with Gasteiger partial charge in [0.05, 0.1) is 22.8 Å². The second kappa shape index (κ2) is 12.2. The molecule has 0 spiro atoms. The molecule has 0 bridgehead atoms. The van der Waals surface area contributed by atoms with Crippen LogP contribution in [0.25, 0.3) is 0 Å². The summed E-state index contributed by atoms with van der Waals surface area (Å²) in [6, 6.07) is 13.3. The van der Waals surface area contributed by atoms with Gasteiger partial charge in [-0.3, -0.25) is 14.5 Å². The Morgan fingerprint density at radius 1 is 1.06 bits per heavy atom. The van der Waals surface area contributed by atoms with Crippen molar-refractivity contribution in [3.63, 3.8) is 0 Å². The highest BCUT2D eigenvalue weighted by Crippen LogP contribution is 2.23. The largest absolute Gasteiger partial charge is 0.374 e. The standard InChI is InChI=1S/C24H29Cl2N3O3/c1-2-23(30)28-19-7-3-17(4-8-19)6-10-24(31)27-14-20-16-29(11-12-32-20)15-18-5-9-21(25)22(26)13-18/h3-5,7-9,13,20H,2,6,10-12,14-16H2,1H3,(H,27,31)(H,28,30)/t20-/m0/s1. The van der Waals surface area contributed by atoms with E-state index in [0.29, 0.717) is 42.5 Å². The average Bonchev–Trinajstić information content (AvgIpc) is 2.80. The number of benzene rings is 2. The number of nitrogens with one attached hydrogen (secondary N) is 2. The van der Waals surface area contributed by atoms with Gasteiger partial charge in [-0.15, -0.1) is 0 Å². The monoisotopic (exact) mass is 477 g/mol. The van der Waals surface area contributed by atoms with Crippen molar-refractivity contribution in [1.29, 1.82) is 0 Å². The Morgan fingerprint density at radius 3 is 2.53 bits per heavy atom. The van der Waals surface area contributed by atoms with Crippen molar-refractivity contribution in [1.82, 2.24) is 10.2 Å². The molecule has 0 aliphatic carbocycles. The Balaban J connectivity index is 1.38. The van der Waals surface area contributed by atoms with Crippen molar-refractivity contribution in [3.05, 3.63) is 63.6 Å². The van der Waals surface area contributed by atoms with E-state index in [-0.39, 0.29) is 17.9 Å². The van der Waals surface area contributed by atoms with E-state index in [1.54, 1.807) is 0 Å². The predicted octanol–water partition coefficient (Wildman–Crippen LogP) is 4.29. The molecule has 1 aliphatic rings. The predicted molar refractivity (Wildman–Crippen MR) is 128 cm³/mol. The minimum absolute atomic E-state index is 0.00133. The second-order valence-corrected chi connectivity index (χ2v) is 8.69. The zero-order chi connectivity index (χ0) is 22.9. The third kappa shape index (κ3) is 7.78. The molecule has 0 radical (unpaired) electrons. The molecule has 1 atom stereocenters. The van der Waals surface area contributed by atoms with Gasteiger partial charge in [-0.1, -0.05) is 48.3 Å². The number of ether oxygens (including phenoxy) is 1. The maximum absolute atomic E-state index is 12.3. The minimum Gasteiger partial charge on any atom is -0.374 e. The lowest BCUT2D eigenvalue weighted by Gasteiger charge is -2.33. The molecule has 1 aliphatic heterocycles. The highest BCUT2D eigenvalue weighted by molar-refractivity contribution is 6.42. The summed E-state index contributed by atoms with van der Waals surface area (Å²) in [7, 11) is 0. The van der Waals surface area contributed by atoms with Gasteiger partial charge in [0.25, 0.3) is 0 Å². The Kier molecular flexibility index (Phi) is 9.36. The topological polar surface area (TPSA) is 70.7 Å². The quantitative estimate of drug-likeness (QED) is 0.564. The third-order valence-electron chi connectivity index (χ3n) is 5.34. The SMILES string of the molecule is CCC(=O)Nc1ccc(CCC(=O)NC[C@H]2CN(Cc3ccc(Cl)c(Cl)c3)CCO2)cc1. The van der Waals surface area contributed by atoms with Crippen molar-refractivity contribution < 1.29 is 14.3 Å². The molecule has 0 saturated carbocycles. The van der Waals surface area contributed by atoms with Gasteiger partial charge in [-0.2, -0.15) is 0 Å². The molecule has 6 nitrogen and oxygen atoms in total. The molecule has 1 saturated heterocycles. The van der Waals surface area contributed by atoms with Crippen LogP contribution in [0, 0.1) is 0 Å². The van der Waals surface area contributed by atoms with Gasteiger partial charge in [0.15, 0.2) is 0 Å². The number of amides is 2. The number of carbonyl (C=O) groups is 2. The van der Waals surface area contributed by atoms with E-state index in [9.17, 15) is 9.59 Å². The summed E-state index contributed by atoms with van der Waals surface area (Å²) < 4.78 is 5.82. The number of anilines is 1. The molecule has 2 N–H and O–H groups in total. The number of rotatable bonds is 9. The molecule has 32 heavy (non-hydrogen) atoms. The van der Waals surface area contributed by atoms with Crippen LogP contribution < -0.4 is 10.6 Å². The van der Waals surface area contributed by atoms with Gasteiger partial charge in [0, 0.05) is 44.7 Å². The molecule has 8 heteroatoms. The fraction of sp³-hybridized carbons (Fsp3) is 0.417. The lowest BCUT2D eigenvalue weighted by molar-refractivity contribution is -0.122. The summed E-state index contributed by atoms with van der Waals surface area (Å²) in [5, 5.41) is 6.91. The third-order valence-corrected chi connectivity index (χ3v) is 6.08. The number of halogens is 2. The maximum Gasteiger partial charge on any atom is 0.224 e. The minimum atomic E-state index is -0.0445. The molecule has 2 aromatic rings. The van der Waals surface area contributed by atoms with E-state index in [4.69, 9.17) is 27.9 Å². The number of hydrogen-bond donors (Lipinski definition) is 2. The molecule has 1 fully saturated rings. The van der Waals surface area contributed by atoms with E-state index < -0.39 is 0 Å². The summed E-state index contributed by atoms with van der Waals surface area (Å²) >= 11 is 12.1. The highest BCUT2D eigenvalue weighted by Gasteiger charge is 2.21. The van der Waals surface area contributed by atoms with Crippen molar-refractivity contribution in [2.45, 2.75) is 38.8 Å². The van der Waals surface area contributed by atoms with Gasteiger partial charge in [-0.05, 0) is 41.8 Å². The van der Waals surface area contributed by atoms with Gasteiger partial charge >= 0.3 is 0 Å². The first kappa shape index (κ1) is 24.5. The van der Waals surface area contributed by atoms with Crippen LogP contribution in [0.2, 0.25) is 10.0 Å². The molecule has 2 aromatic carbocycles. The Hall–Kier alpha value is -2.12. The first-order chi connectivity index (χ1) is 15.4. The summed E-state index contributed by atoms with van der Waals surface area (Å²) in [5.74, 6) is -0.0174. The molecule has 0 aromatic heterocycles. The molecular weight excluding hydrogens is 449 g/mol. The lowest BCUT2D eigenvalue weighted by atomic mass is 10.1. The number of aryl methyl sites for hydroxylation is 1. The number of hydrogen-bond acceptors (Lipinski definition) is 4. The van der Waals surface area contributed by atoms with Crippen LogP contribution in [0.1, 0.15) is 30.9 Å². The zero-order valence-corrected chi connectivity index (χ0v) is 19.7. The van der Waals surface area contributed by atoms with E-state index >= 15 is 0 Å². The summed E-state index contributed by atoms with van der Waals surface area (Å²) in [6.07, 6.45) is 1.44. The molecule has 172 valence electrons. The van der Waals surface area contributed by atoms with Crippen LogP contribution >= 0.6 is 23.2 Å². The number of morpholine rings is 1. The average molecular weight is 478 g/mol. The first-order valence-corrected chi connectivity index (χ1v) is 11.6. The maximum atomic E-state index is 12.3. The van der Waals surface area contributed by atoms with E-state index in [0.717, 1.165) is 36.4 Å². The molecular formula is C24H29Cl2N3O3. The Bertz CT molecular complexity index is 921.